The van der Waals surface area contributed by atoms with Gasteiger partial charge in [0.2, 0.25) is 0 Å². The first-order valence-electron chi connectivity index (χ1n) is 20.4. The molecule has 2 heteroatoms. The Morgan fingerprint density at radius 3 is 2.31 bits per heavy atom. The molecule has 6 atom stereocenters. The van der Waals surface area contributed by atoms with Crippen molar-refractivity contribution in [2.24, 2.45) is 57.6 Å². The van der Waals surface area contributed by atoms with Gasteiger partial charge in [-0.2, -0.15) is 0 Å². The SMILES string of the molecule is C=C=C(C)C1=CC(C)=C(C(=C)C=C)C(CC)C1C.CC.CCC[C@@H](C)C1CCC(C(CC2=CN=CC=C(C)C2)C23C=CC(C)=CC2C3)CC1.CN. The molecule has 2 saturated carbocycles. The smallest absolute Gasteiger partial charge is 0.0267 e. The summed E-state index contributed by atoms with van der Waals surface area (Å²) < 4.78 is 0. The van der Waals surface area contributed by atoms with Crippen molar-refractivity contribution < 1.29 is 0 Å². The van der Waals surface area contributed by atoms with Crippen LogP contribution in [-0.4, -0.2) is 13.3 Å². The quantitative estimate of drug-likeness (QED) is 0.170. The molecule has 0 bridgehead atoms. The summed E-state index contributed by atoms with van der Waals surface area (Å²) in [5.74, 6) is 5.36. The fraction of sp³-hybridized carbons (Fsp3) is 0.592. The fourth-order valence-corrected chi connectivity index (χ4v) is 9.64. The van der Waals surface area contributed by atoms with Gasteiger partial charge in [-0.05, 0) is 172 Å². The first-order chi connectivity index (χ1) is 24.5. The molecule has 0 saturated heterocycles. The molecule has 4 aliphatic carbocycles. The zero-order valence-electron chi connectivity index (χ0n) is 34.9. The maximum Gasteiger partial charge on any atom is 0.0267 e. The lowest BCUT2D eigenvalue weighted by Gasteiger charge is -2.40. The van der Waals surface area contributed by atoms with Crippen LogP contribution in [0, 0.1) is 46.8 Å². The zero-order chi connectivity index (χ0) is 38.3. The lowest BCUT2D eigenvalue weighted by molar-refractivity contribution is 0.130. The zero-order valence-corrected chi connectivity index (χ0v) is 34.9. The lowest BCUT2D eigenvalue weighted by atomic mass is 9.65. The van der Waals surface area contributed by atoms with E-state index in [9.17, 15) is 0 Å². The second-order valence-corrected chi connectivity index (χ2v) is 15.7. The summed E-state index contributed by atoms with van der Waals surface area (Å²) in [6, 6.07) is 0. The van der Waals surface area contributed by atoms with E-state index >= 15 is 0 Å². The summed E-state index contributed by atoms with van der Waals surface area (Å²) in [6.45, 7) is 33.9. The Morgan fingerprint density at radius 2 is 1.75 bits per heavy atom. The number of hydrogen-bond donors (Lipinski definition) is 1. The van der Waals surface area contributed by atoms with E-state index in [4.69, 9.17) is 0 Å². The number of nitrogens with zero attached hydrogens (tertiary/aromatic N) is 1. The lowest BCUT2D eigenvalue weighted by Crippen LogP contribution is -2.31. The summed E-state index contributed by atoms with van der Waals surface area (Å²) >= 11 is 0. The van der Waals surface area contributed by atoms with Gasteiger partial charge in [-0.3, -0.25) is 4.99 Å². The van der Waals surface area contributed by atoms with E-state index in [-0.39, 0.29) is 0 Å². The average Bonchev–Trinajstić information content (AvgIpc) is 3.92. The summed E-state index contributed by atoms with van der Waals surface area (Å²) in [4.78, 5) is 4.56. The van der Waals surface area contributed by atoms with Crippen LogP contribution in [0.5, 0.6) is 0 Å². The molecule has 1 aliphatic heterocycles. The van der Waals surface area contributed by atoms with Crippen LogP contribution < -0.4 is 5.73 Å². The van der Waals surface area contributed by atoms with Gasteiger partial charge in [-0.15, -0.1) is 5.73 Å². The van der Waals surface area contributed by atoms with E-state index in [1.54, 1.807) is 5.57 Å². The van der Waals surface area contributed by atoms with Gasteiger partial charge >= 0.3 is 0 Å². The van der Waals surface area contributed by atoms with Crippen LogP contribution in [0.4, 0.5) is 0 Å². The number of rotatable bonds is 11. The van der Waals surface area contributed by atoms with E-state index in [1.807, 2.05) is 26.1 Å². The van der Waals surface area contributed by atoms with Crippen molar-refractivity contribution in [2.75, 3.05) is 7.05 Å². The van der Waals surface area contributed by atoms with Gasteiger partial charge in [-0.1, -0.05) is 116 Å². The van der Waals surface area contributed by atoms with Crippen molar-refractivity contribution >= 4 is 6.21 Å². The number of hydrogen-bond acceptors (Lipinski definition) is 2. The fourth-order valence-electron chi connectivity index (χ4n) is 9.64. The second kappa shape index (κ2) is 21.6. The Bertz CT molecular complexity index is 1440. The molecule has 0 aromatic rings. The molecule has 0 spiro atoms. The Balaban J connectivity index is 0.000000354. The Morgan fingerprint density at radius 1 is 1.10 bits per heavy atom. The maximum atomic E-state index is 4.56. The average molecular weight is 693 g/mol. The van der Waals surface area contributed by atoms with Crippen molar-refractivity contribution in [2.45, 2.75) is 133 Å². The Labute approximate surface area is 316 Å². The molecular formula is C49H76N2. The van der Waals surface area contributed by atoms with Crippen molar-refractivity contribution in [3.8, 4) is 0 Å². The van der Waals surface area contributed by atoms with Gasteiger partial charge in [0.05, 0.1) is 0 Å². The van der Waals surface area contributed by atoms with Crippen LogP contribution in [0.25, 0.3) is 0 Å². The highest BCUT2D eigenvalue weighted by Crippen LogP contribution is 2.66. The molecule has 2 N–H and O–H groups in total. The third-order valence-corrected chi connectivity index (χ3v) is 12.5. The largest absolute Gasteiger partial charge is 0.333 e. The third-order valence-electron chi connectivity index (χ3n) is 12.5. The number of aliphatic imine (C=N–C) groups is 1. The predicted octanol–water partition coefficient (Wildman–Crippen LogP) is 14.0. The summed E-state index contributed by atoms with van der Waals surface area (Å²) in [5, 5.41) is 0. The van der Waals surface area contributed by atoms with Crippen LogP contribution in [0.2, 0.25) is 0 Å². The molecule has 0 amide bonds. The van der Waals surface area contributed by atoms with Crippen molar-refractivity contribution in [3.63, 3.8) is 0 Å². The Hall–Kier alpha value is -2.93. The van der Waals surface area contributed by atoms with Gasteiger partial charge in [0, 0.05) is 12.4 Å². The molecule has 0 radical (unpaired) electrons. The number of nitrogens with two attached hydrogens (primary N) is 1. The minimum atomic E-state index is 0.445. The molecule has 5 unspecified atom stereocenters. The normalized spacial score (nSPS) is 28.7. The van der Waals surface area contributed by atoms with Gasteiger partial charge in [0.15, 0.2) is 0 Å². The third kappa shape index (κ3) is 11.3. The van der Waals surface area contributed by atoms with E-state index in [0.717, 1.165) is 53.6 Å². The Kier molecular flexibility index (Phi) is 18.7. The van der Waals surface area contributed by atoms with Crippen LogP contribution in [0.3, 0.4) is 0 Å². The second-order valence-electron chi connectivity index (χ2n) is 15.7. The van der Waals surface area contributed by atoms with Gasteiger partial charge in [0.25, 0.3) is 0 Å². The van der Waals surface area contributed by atoms with E-state index in [2.05, 4.69) is 128 Å². The predicted molar refractivity (Wildman–Crippen MR) is 229 cm³/mol. The van der Waals surface area contributed by atoms with Crippen molar-refractivity contribution in [1.82, 2.24) is 0 Å². The molecule has 51 heavy (non-hydrogen) atoms. The van der Waals surface area contributed by atoms with Crippen LogP contribution >= 0.6 is 0 Å². The highest BCUT2D eigenvalue weighted by atomic mass is 14.7. The van der Waals surface area contributed by atoms with Crippen molar-refractivity contribution in [3.05, 3.63) is 113 Å². The molecular weight excluding hydrogens is 617 g/mol. The van der Waals surface area contributed by atoms with Gasteiger partial charge < -0.3 is 5.73 Å². The molecule has 0 aromatic carbocycles. The summed E-state index contributed by atoms with van der Waals surface area (Å²) in [5.41, 5.74) is 18.7. The highest BCUT2D eigenvalue weighted by molar-refractivity contribution is 5.73. The van der Waals surface area contributed by atoms with E-state index < -0.39 is 0 Å². The van der Waals surface area contributed by atoms with E-state index in [1.165, 1.54) is 86.3 Å². The molecule has 5 aliphatic rings. The number of fused-ring (bicyclic) bond motifs is 1. The molecule has 5 rings (SSSR count). The highest BCUT2D eigenvalue weighted by Gasteiger charge is 2.58. The maximum absolute atomic E-state index is 4.56. The van der Waals surface area contributed by atoms with Crippen molar-refractivity contribution in [1.29, 1.82) is 0 Å². The van der Waals surface area contributed by atoms with Gasteiger partial charge in [-0.25, -0.2) is 0 Å². The topological polar surface area (TPSA) is 38.4 Å². The molecule has 1 heterocycles. The molecule has 2 fully saturated rings. The minimum Gasteiger partial charge on any atom is -0.333 e. The van der Waals surface area contributed by atoms with Crippen LogP contribution in [0.15, 0.2) is 118 Å². The number of allylic oxidation sites excluding steroid dienone is 14. The summed E-state index contributed by atoms with van der Waals surface area (Å²) in [6.07, 6.45) is 31.5. The molecule has 282 valence electrons. The standard InChI is InChI=1S/C28H41N.C18H24.C2H6.CH5N/c1-5-6-22(4)24-7-9-25(10-8-24)27(17-23-15-21(3)12-14-29-19-23)28-13-11-20(2)16-26(28)18-28;1-8-12(4)17-11-14(6)18(13(5)9-2)16(10-3)15(17)7;2*1-2/h11-14,16,19,22,24-27H,5-10,15,17-18H2,1-4H3;9,11,15-16H,1-2,5,10H2,3-4,6-7H3;1-2H3;2H2,1H3/t22-,24?,25?,26?,27?,28?;;;/m1.../s1. The molecule has 2 nitrogen and oxygen atoms in total. The van der Waals surface area contributed by atoms with Gasteiger partial charge in [0.1, 0.15) is 0 Å². The monoisotopic (exact) mass is 693 g/mol. The first kappa shape index (κ1) is 44.2. The summed E-state index contributed by atoms with van der Waals surface area (Å²) in [7, 11) is 1.50. The van der Waals surface area contributed by atoms with Crippen LogP contribution in [0.1, 0.15) is 133 Å². The molecule has 0 aromatic heterocycles. The van der Waals surface area contributed by atoms with E-state index in [0.29, 0.717) is 17.3 Å². The minimum absolute atomic E-state index is 0.445. The van der Waals surface area contributed by atoms with Crippen LogP contribution in [-0.2, 0) is 0 Å². The first-order valence-corrected chi connectivity index (χ1v) is 20.4.